The Morgan fingerprint density at radius 2 is 2.04 bits per heavy atom. The van der Waals surface area contributed by atoms with E-state index >= 15 is 0 Å². The third-order valence-corrected chi connectivity index (χ3v) is 6.09. The molecule has 4 rings (SSSR count). The van der Waals surface area contributed by atoms with Crippen LogP contribution in [0.15, 0.2) is 48.5 Å². The molecule has 2 aromatic rings. The molecule has 26 heavy (non-hydrogen) atoms. The molecule has 134 valence electrons. The fraction of sp³-hybridized carbons (Fsp3) is 0.409. The number of benzene rings is 2. The lowest BCUT2D eigenvalue weighted by atomic mass is 9.82. The predicted octanol–water partition coefficient (Wildman–Crippen LogP) is 3.30. The highest BCUT2D eigenvalue weighted by Gasteiger charge is 2.52. The second-order valence-electron chi connectivity index (χ2n) is 7.56. The summed E-state index contributed by atoms with van der Waals surface area (Å²) in [6.07, 6.45) is 1.88. The summed E-state index contributed by atoms with van der Waals surface area (Å²) in [4.78, 5) is 2.43. The van der Waals surface area contributed by atoms with Crippen molar-refractivity contribution in [2.24, 2.45) is 11.8 Å². The van der Waals surface area contributed by atoms with Crippen LogP contribution >= 0.6 is 0 Å². The van der Waals surface area contributed by atoms with E-state index in [0.717, 1.165) is 43.8 Å². The van der Waals surface area contributed by atoms with Gasteiger partial charge in [-0.1, -0.05) is 24.3 Å². The van der Waals surface area contributed by atoms with Gasteiger partial charge in [0.2, 0.25) is 0 Å². The van der Waals surface area contributed by atoms with Crippen LogP contribution in [0.4, 0.5) is 0 Å². The Morgan fingerprint density at radius 1 is 1.23 bits per heavy atom. The molecule has 4 nitrogen and oxygen atoms in total. The van der Waals surface area contributed by atoms with E-state index < -0.39 is 5.60 Å². The summed E-state index contributed by atoms with van der Waals surface area (Å²) in [5, 5.41) is 20.4. The number of likely N-dealkylation sites (tertiary alicyclic amines) is 1. The summed E-state index contributed by atoms with van der Waals surface area (Å²) in [6.45, 7) is 2.79. The maximum Gasteiger partial charge on any atom is 0.119 e. The van der Waals surface area contributed by atoms with Crippen molar-refractivity contribution < 1.29 is 9.84 Å². The molecule has 0 amide bonds. The molecule has 0 radical (unpaired) electrons. The van der Waals surface area contributed by atoms with Gasteiger partial charge in [-0.2, -0.15) is 5.26 Å². The van der Waals surface area contributed by atoms with Crippen molar-refractivity contribution in [1.82, 2.24) is 4.90 Å². The van der Waals surface area contributed by atoms with E-state index in [1.807, 2.05) is 48.5 Å². The van der Waals surface area contributed by atoms with Gasteiger partial charge >= 0.3 is 0 Å². The molecule has 1 aliphatic heterocycles. The van der Waals surface area contributed by atoms with Crippen molar-refractivity contribution in [3.8, 4) is 11.8 Å². The van der Waals surface area contributed by atoms with Gasteiger partial charge < -0.3 is 9.84 Å². The highest BCUT2D eigenvalue weighted by Crippen LogP contribution is 2.51. The fourth-order valence-electron chi connectivity index (χ4n) is 4.71. The second-order valence-corrected chi connectivity index (χ2v) is 7.56. The minimum absolute atomic E-state index is 0.257. The summed E-state index contributed by atoms with van der Waals surface area (Å²) in [7, 11) is 1.66. The van der Waals surface area contributed by atoms with Crippen LogP contribution in [-0.4, -0.2) is 30.2 Å². The van der Waals surface area contributed by atoms with Crippen LogP contribution in [0.3, 0.4) is 0 Å². The number of nitrogens with zero attached hydrogens (tertiary/aromatic N) is 2. The Balaban J connectivity index is 1.50. The Hall–Kier alpha value is -2.35. The molecular weight excluding hydrogens is 324 g/mol. The molecular formula is C22H24N2O2. The van der Waals surface area contributed by atoms with E-state index in [2.05, 4.69) is 11.0 Å². The number of hydrogen-bond donors (Lipinski definition) is 1. The first-order valence-electron chi connectivity index (χ1n) is 9.20. The molecule has 1 saturated carbocycles. The molecule has 0 unspecified atom stereocenters. The van der Waals surface area contributed by atoms with Crippen LogP contribution in [0.25, 0.3) is 0 Å². The number of ether oxygens (including phenoxy) is 1. The number of methoxy groups -OCH3 is 1. The highest BCUT2D eigenvalue weighted by molar-refractivity contribution is 5.35. The normalized spacial score (nSPS) is 27.9. The number of hydrogen-bond acceptors (Lipinski definition) is 4. The smallest absolute Gasteiger partial charge is 0.119 e. The molecule has 4 heteroatoms. The minimum Gasteiger partial charge on any atom is -0.497 e. The van der Waals surface area contributed by atoms with E-state index in [-0.39, 0.29) is 5.92 Å². The average Bonchev–Trinajstić information content (AvgIpc) is 3.23. The summed E-state index contributed by atoms with van der Waals surface area (Å²) in [5.74, 6) is 1.59. The predicted molar refractivity (Wildman–Crippen MR) is 99.5 cm³/mol. The van der Waals surface area contributed by atoms with Gasteiger partial charge in [-0.25, -0.2) is 0 Å². The van der Waals surface area contributed by atoms with Crippen molar-refractivity contribution in [2.45, 2.75) is 25.0 Å². The zero-order valence-corrected chi connectivity index (χ0v) is 15.1. The van der Waals surface area contributed by atoms with Crippen LogP contribution < -0.4 is 4.74 Å². The molecule has 0 aromatic heterocycles. The number of rotatable bonds is 4. The van der Waals surface area contributed by atoms with Crippen LogP contribution in [0.2, 0.25) is 0 Å². The average molecular weight is 348 g/mol. The summed E-state index contributed by atoms with van der Waals surface area (Å²) < 4.78 is 5.35. The topological polar surface area (TPSA) is 56.5 Å². The monoisotopic (exact) mass is 348 g/mol. The zero-order valence-electron chi connectivity index (χ0n) is 15.1. The molecule has 1 heterocycles. The molecule has 1 saturated heterocycles. The van der Waals surface area contributed by atoms with Crippen molar-refractivity contribution in [3.05, 3.63) is 65.2 Å². The molecule has 1 N–H and O–H groups in total. The van der Waals surface area contributed by atoms with E-state index in [1.54, 1.807) is 7.11 Å². The standard InChI is InChI=1S/C22H24N2O2/c1-26-20-4-2-3-19(11-20)22(25)10-9-18-14-24(15-21(18)22)13-17-7-5-16(12-23)6-8-17/h2-8,11,18,21,25H,9-10,13-15H2,1H3/t18-,21-,22+/m0/s1. The van der Waals surface area contributed by atoms with Gasteiger partial charge in [0.25, 0.3) is 0 Å². The summed E-state index contributed by atoms with van der Waals surface area (Å²) >= 11 is 0. The lowest BCUT2D eigenvalue weighted by Crippen LogP contribution is -2.34. The molecule has 2 aliphatic rings. The lowest BCUT2D eigenvalue weighted by Gasteiger charge is -2.31. The SMILES string of the molecule is COc1cccc([C@]2(O)CC[C@H]3CN(Cc4ccc(C#N)cc4)C[C@@H]32)c1. The molecule has 3 atom stereocenters. The highest BCUT2D eigenvalue weighted by atomic mass is 16.5. The quantitative estimate of drug-likeness (QED) is 0.921. The first kappa shape index (κ1) is 17.1. The van der Waals surface area contributed by atoms with Crippen molar-refractivity contribution in [2.75, 3.05) is 20.2 Å². The molecule has 1 aliphatic carbocycles. The van der Waals surface area contributed by atoms with E-state index in [4.69, 9.17) is 10.00 Å². The third kappa shape index (κ3) is 2.98. The third-order valence-electron chi connectivity index (χ3n) is 6.09. The Bertz CT molecular complexity index is 827. The molecule has 2 fully saturated rings. The van der Waals surface area contributed by atoms with E-state index in [0.29, 0.717) is 11.5 Å². The van der Waals surface area contributed by atoms with Gasteiger partial charge in [0.1, 0.15) is 5.75 Å². The van der Waals surface area contributed by atoms with Gasteiger partial charge in [0.15, 0.2) is 0 Å². The molecule has 0 bridgehead atoms. The van der Waals surface area contributed by atoms with E-state index in [1.165, 1.54) is 5.56 Å². The van der Waals surface area contributed by atoms with Crippen molar-refractivity contribution in [1.29, 1.82) is 5.26 Å². The van der Waals surface area contributed by atoms with Crippen LogP contribution in [-0.2, 0) is 12.1 Å². The number of fused-ring (bicyclic) bond motifs is 1. The Morgan fingerprint density at radius 3 is 2.77 bits per heavy atom. The fourth-order valence-corrected chi connectivity index (χ4v) is 4.71. The number of aliphatic hydroxyl groups is 1. The first-order valence-corrected chi connectivity index (χ1v) is 9.20. The second kappa shape index (κ2) is 6.75. The first-order chi connectivity index (χ1) is 12.6. The van der Waals surface area contributed by atoms with Gasteiger partial charge in [0, 0.05) is 25.6 Å². The number of nitriles is 1. The van der Waals surface area contributed by atoms with Crippen LogP contribution in [0, 0.1) is 23.2 Å². The van der Waals surface area contributed by atoms with Crippen LogP contribution in [0.5, 0.6) is 5.75 Å². The van der Waals surface area contributed by atoms with E-state index in [9.17, 15) is 5.11 Å². The van der Waals surface area contributed by atoms with Crippen molar-refractivity contribution in [3.63, 3.8) is 0 Å². The van der Waals surface area contributed by atoms with Crippen molar-refractivity contribution >= 4 is 0 Å². The van der Waals surface area contributed by atoms with Gasteiger partial charge in [-0.05, 0) is 54.2 Å². The Kier molecular flexibility index (Phi) is 4.44. The molecule has 0 spiro atoms. The largest absolute Gasteiger partial charge is 0.497 e. The van der Waals surface area contributed by atoms with Gasteiger partial charge in [0.05, 0.1) is 24.3 Å². The van der Waals surface area contributed by atoms with Gasteiger partial charge in [-0.15, -0.1) is 0 Å². The minimum atomic E-state index is -0.765. The lowest BCUT2D eigenvalue weighted by molar-refractivity contribution is -0.00699. The maximum absolute atomic E-state index is 11.5. The molecule has 2 aromatic carbocycles. The summed E-state index contributed by atoms with van der Waals surface area (Å²) in [6, 6.07) is 17.8. The summed E-state index contributed by atoms with van der Waals surface area (Å²) in [5.41, 5.74) is 2.12. The maximum atomic E-state index is 11.5. The van der Waals surface area contributed by atoms with Crippen LogP contribution in [0.1, 0.15) is 29.5 Å². The van der Waals surface area contributed by atoms with Gasteiger partial charge in [-0.3, -0.25) is 4.90 Å². The zero-order chi connectivity index (χ0) is 18.1. The Labute approximate surface area is 154 Å².